The molecule has 0 aromatic heterocycles. The predicted molar refractivity (Wildman–Crippen MR) is 119 cm³/mol. The highest BCUT2D eigenvalue weighted by atomic mass is 32.2. The van der Waals surface area contributed by atoms with E-state index >= 15 is 0 Å². The van der Waals surface area contributed by atoms with Crippen LogP contribution in [0.15, 0.2) is 47.4 Å². The van der Waals surface area contributed by atoms with Crippen LogP contribution in [-0.4, -0.2) is 74.7 Å². The maximum atomic E-state index is 13.0. The molecule has 0 radical (unpaired) electrons. The minimum Gasteiger partial charge on any atom is -0.545 e. The number of rotatable bonds is 7. The summed E-state index contributed by atoms with van der Waals surface area (Å²) in [5.41, 5.74) is 0.566. The van der Waals surface area contributed by atoms with Crippen molar-refractivity contribution in [3.05, 3.63) is 48.1 Å². The number of sulfonamides is 1. The molecular weight excluding hydrogens is 458 g/mol. The monoisotopic (exact) mass is 485 g/mol. The fraction of sp³-hybridized carbons (Fsp3) is 0.458. The number of carbonyl (C=O) groups is 3. The van der Waals surface area contributed by atoms with Gasteiger partial charge in [-0.3, -0.25) is 14.5 Å². The second kappa shape index (κ2) is 8.75. The van der Waals surface area contributed by atoms with Crippen LogP contribution < -0.4 is 10.0 Å². The Morgan fingerprint density at radius 2 is 1.62 bits per heavy atom. The second-order valence-electron chi connectivity index (χ2n) is 9.45. The van der Waals surface area contributed by atoms with Crippen LogP contribution in [0.5, 0.6) is 0 Å². The van der Waals surface area contributed by atoms with E-state index in [0.29, 0.717) is 44.8 Å². The molecular formula is C24H27N3O6S. The van der Waals surface area contributed by atoms with Crippen molar-refractivity contribution in [1.82, 2.24) is 9.21 Å². The van der Waals surface area contributed by atoms with E-state index in [1.807, 2.05) is 0 Å². The van der Waals surface area contributed by atoms with Crippen LogP contribution in [0.1, 0.15) is 12.0 Å². The molecule has 2 heterocycles. The molecule has 34 heavy (non-hydrogen) atoms. The highest BCUT2D eigenvalue weighted by molar-refractivity contribution is 7.89. The summed E-state index contributed by atoms with van der Waals surface area (Å²) in [4.78, 5) is 39.0. The number of nitrogens with zero attached hydrogens (tertiary/aromatic N) is 2. The van der Waals surface area contributed by atoms with E-state index in [1.165, 1.54) is 32.3 Å². The van der Waals surface area contributed by atoms with Gasteiger partial charge in [-0.1, -0.05) is 30.4 Å². The quantitative estimate of drug-likeness (QED) is 0.275. The molecule has 9 nitrogen and oxygen atoms in total. The molecule has 0 spiro atoms. The number of fused-ring (bicyclic) bond motifs is 5. The van der Waals surface area contributed by atoms with Gasteiger partial charge in [0.15, 0.2) is 0 Å². The van der Waals surface area contributed by atoms with Gasteiger partial charge in [-0.2, -0.15) is 4.31 Å². The Kier molecular flexibility index (Phi) is 5.91. The van der Waals surface area contributed by atoms with Crippen LogP contribution >= 0.6 is 0 Å². The maximum absolute atomic E-state index is 13.0. The number of imide groups is 1. The highest BCUT2D eigenvalue weighted by Gasteiger charge is 2.59. The number of carbonyl (C=O) groups excluding carboxylic acids is 3. The van der Waals surface area contributed by atoms with Gasteiger partial charge >= 0.3 is 0 Å². The maximum Gasteiger partial charge on any atom is 0.243 e. The first kappa shape index (κ1) is 22.9. The van der Waals surface area contributed by atoms with Gasteiger partial charge in [-0.25, -0.2) is 8.42 Å². The second-order valence-corrected chi connectivity index (χ2v) is 11.4. The number of amides is 2. The van der Waals surface area contributed by atoms with Gasteiger partial charge < -0.3 is 14.8 Å². The zero-order valence-electron chi connectivity index (χ0n) is 18.6. The van der Waals surface area contributed by atoms with Gasteiger partial charge in [-0.15, -0.1) is 0 Å². The number of allylic oxidation sites excluding steroid dienone is 2. The van der Waals surface area contributed by atoms with Gasteiger partial charge in [0.1, 0.15) is 0 Å². The van der Waals surface area contributed by atoms with Crippen molar-refractivity contribution >= 4 is 33.9 Å². The molecule has 1 N–H and O–H groups in total. The van der Waals surface area contributed by atoms with Crippen molar-refractivity contribution in [2.45, 2.75) is 11.3 Å². The van der Waals surface area contributed by atoms with Gasteiger partial charge in [0.05, 0.1) is 62.0 Å². The standard InChI is InChI=1S/C24H27N3O6S/c28-20(29)8-3-16-1-6-19(7-2-16)34(32,33)26-12-9-25(10-13-26)11-14-27-23(30)21-17-4-5-18(15-17)22(21)24(27)31/h1-8,17-18,21-22H,9-15H2,(H,28,29)/b8-3+/t17-,18+,21+,22-. The number of carboxylic acid groups (broad SMARTS) is 1. The molecule has 10 heteroatoms. The molecule has 0 unspecified atom stereocenters. The Bertz CT molecular complexity index is 1140. The molecule has 1 aromatic carbocycles. The Morgan fingerprint density at radius 3 is 2.18 bits per heavy atom. The Hall–Kier alpha value is -2.82. The lowest BCUT2D eigenvalue weighted by Crippen LogP contribution is -3.15. The van der Waals surface area contributed by atoms with E-state index in [0.717, 1.165) is 12.5 Å². The van der Waals surface area contributed by atoms with E-state index in [1.54, 1.807) is 12.1 Å². The Balaban J connectivity index is 1.14. The van der Waals surface area contributed by atoms with Crippen LogP contribution in [0.4, 0.5) is 0 Å². The molecule has 2 amide bonds. The molecule has 1 aromatic rings. The van der Waals surface area contributed by atoms with Crippen molar-refractivity contribution in [3.8, 4) is 0 Å². The minimum atomic E-state index is -3.66. The lowest BCUT2D eigenvalue weighted by atomic mass is 9.85. The number of carboxylic acids is 1. The van der Waals surface area contributed by atoms with Crippen LogP contribution in [0, 0.1) is 23.7 Å². The summed E-state index contributed by atoms with van der Waals surface area (Å²) < 4.78 is 27.4. The van der Waals surface area contributed by atoms with Crippen molar-refractivity contribution < 1.29 is 32.8 Å². The Morgan fingerprint density at radius 1 is 1.03 bits per heavy atom. The van der Waals surface area contributed by atoms with Crippen LogP contribution in [0.3, 0.4) is 0 Å². The topological polar surface area (TPSA) is 119 Å². The molecule has 3 fully saturated rings. The van der Waals surface area contributed by atoms with Crippen LogP contribution in [0.2, 0.25) is 0 Å². The largest absolute Gasteiger partial charge is 0.545 e. The van der Waals surface area contributed by atoms with Crippen molar-refractivity contribution in [1.29, 1.82) is 0 Å². The summed E-state index contributed by atoms with van der Waals surface area (Å²) >= 11 is 0. The Labute approximate surface area is 198 Å². The molecule has 5 rings (SSSR count). The van der Waals surface area contributed by atoms with Gasteiger partial charge in [-0.05, 0) is 42.0 Å². The normalized spacial score (nSPS) is 29.5. The molecule has 2 aliphatic heterocycles. The number of benzene rings is 1. The fourth-order valence-corrected chi connectivity index (χ4v) is 7.25. The summed E-state index contributed by atoms with van der Waals surface area (Å²) in [6.07, 6.45) is 7.33. The zero-order chi connectivity index (χ0) is 24.0. The number of aliphatic carboxylic acids is 1. The number of hydrogen-bond acceptors (Lipinski definition) is 6. The van der Waals surface area contributed by atoms with Crippen LogP contribution in [0.25, 0.3) is 6.08 Å². The van der Waals surface area contributed by atoms with Gasteiger partial charge in [0.2, 0.25) is 21.8 Å². The number of nitrogens with one attached hydrogen (secondary N) is 1. The van der Waals surface area contributed by atoms with Crippen LogP contribution in [-0.2, 0) is 24.4 Å². The van der Waals surface area contributed by atoms with Crippen molar-refractivity contribution in [2.75, 3.05) is 39.3 Å². The first-order valence-electron chi connectivity index (χ1n) is 11.6. The zero-order valence-corrected chi connectivity index (χ0v) is 19.4. The smallest absolute Gasteiger partial charge is 0.243 e. The molecule has 4 aliphatic rings. The SMILES string of the molecule is O=C([O-])/C=C/c1ccc(S(=O)(=O)N2CC[NH+](CCN3C(=O)[C@@H]4[C@H](C3=O)[C@H]3C=C[C@@H]4C3)CC2)cc1. The number of quaternary nitrogens is 1. The minimum absolute atomic E-state index is 0.0367. The molecule has 1 saturated carbocycles. The summed E-state index contributed by atoms with van der Waals surface area (Å²) in [7, 11) is -3.66. The van der Waals surface area contributed by atoms with Gasteiger partial charge in [0, 0.05) is 0 Å². The third kappa shape index (κ3) is 3.99. The summed E-state index contributed by atoms with van der Waals surface area (Å²) in [5.74, 6) is -1.34. The first-order chi connectivity index (χ1) is 16.3. The molecule has 2 bridgehead atoms. The summed E-state index contributed by atoms with van der Waals surface area (Å²) in [5, 5.41) is 10.5. The lowest BCUT2D eigenvalue weighted by molar-refractivity contribution is -0.902. The van der Waals surface area contributed by atoms with E-state index in [9.17, 15) is 27.9 Å². The van der Waals surface area contributed by atoms with Crippen molar-refractivity contribution in [3.63, 3.8) is 0 Å². The van der Waals surface area contributed by atoms with Crippen molar-refractivity contribution in [2.24, 2.45) is 23.7 Å². The molecule has 2 saturated heterocycles. The van der Waals surface area contributed by atoms with E-state index in [4.69, 9.17) is 0 Å². The average Bonchev–Trinajstić information content (AvgIpc) is 3.51. The third-order valence-corrected chi connectivity index (χ3v) is 9.52. The first-order valence-corrected chi connectivity index (χ1v) is 13.1. The molecule has 4 atom stereocenters. The third-order valence-electron chi connectivity index (χ3n) is 7.61. The summed E-state index contributed by atoms with van der Waals surface area (Å²) in [6, 6.07) is 6.03. The average molecular weight is 486 g/mol. The molecule has 2 aliphatic carbocycles. The number of piperazine rings is 1. The number of likely N-dealkylation sites (tertiary alicyclic amines) is 1. The highest BCUT2D eigenvalue weighted by Crippen LogP contribution is 2.52. The molecule has 180 valence electrons. The van der Waals surface area contributed by atoms with Gasteiger partial charge in [0.25, 0.3) is 0 Å². The fourth-order valence-electron chi connectivity index (χ4n) is 5.81. The number of hydrogen-bond donors (Lipinski definition) is 1. The van der Waals surface area contributed by atoms with E-state index in [2.05, 4.69) is 12.2 Å². The summed E-state index contributed by atoms with van der Waals surface area (Å²) in [6.45, 7) is 2.90. The van der Waals surface area contributed by atoms with E-state index in [-0.39, 0.29) is 40.4 Å². The predicted octanol–water partition coefficient (Wildman–Crippen LogP) is -1.85. The van der Waals surface area contributed by atoms with E-state index < -0.39 is 16.0 Å². The lowest BCUT2D eigenvalue weighted by Gasteiger charge is -2.32.